The smallest absolute Gasteiger partial charge is 0.414 e. The fourth-order valence-electron chi connectivity index (χ4n) is 4.39. The van der Waals surface area contributed by atoms with Gasteiger partial charge in [0.15, 0.2) is 0 Å². The largest absolute Gasteiger partial charge is 0.452 e. The van der Waals surface area contributed by atoms with Gasteiger partial charge in [0.25, 0.3) is 0 Å². The molecule has 0 saturated heterocycles. The van der Waals surface area contributed by atoms with Gasteiger partial charge in [0.2, 0.25) is 0 Å². The van der Waals surface area contributed by atoms with Gasteiger partial charge < -0.3 is 9.30 Å². The van der Waals surface area contributed by atoms with Crippen molar-refractivity contribution in [3.05, 3.63) is 59.4 Å². The fourth-order valence-corrected chi connectivity index (χ4v) is 4.39. The van der Waals surface area contributed by atoms with Gasteiger partial charge in [-0.15, -0.1) is 0 Å². The van der Waals surface area contributed by atoms with Crippen molar-refractivity contribution in [2.45, 2.75) is 45.1 Å². The monoisotopic (exact) mass is 377 g/mol. The third-order valence-corrected chi connectivity index (χ3v) is 5.88. The molecule has 2 heterocycles. The molecule has 4 rings (SSSR count). The third-order valence-electron chi connectivity index (χ3n) is 5.88. The molecule has 0 N–H and O–H groups in total. The van der Waals surface area contributed by atoms with E-state index >= 15 is 0 Å². The highest BCUT2D eigenvalue weighted by Gasteiger charge is 2.31. The van der Waals surface area contributed by atoms with Crippen LogP contribution in [0.15, 0.2) is 42.5 Å². The maximum absolute atomic E-state index is 12.3. The minimum absolute atomic E-state index is 0.123. The van der Waals surface area contributed by atoms with E-state index in [0.29, 0.717) is 5.92 Å². The number of methoxy groups -OCH3 is 1. The molecule has 0 spiro atoms. The minimum atomic E-state index is -0.304. The summed E-state index contributed by atoms with van der Waals surface area (Å²) in [6.07, 6.45) is 2.48. The Morgan fingerprint density at radius 1 is 1.25 bits per heavy atom. The van der Waals surface area contributed by atoms with Gasteiger partial charge in [-0.1, -0.05) is 37.3 Å². The summed E-state index contributed by atoms with van der Waals surface area (Å²) in [6, 6.07) is 14.8. The third kappa shape index (κ3) is 3.05. The molecule has 28 heavy (non-hydrogen) atoms. The number of hydrogen-bond acceptors (Lipinski definition) is 3. The zero-order valence-corrected chi connectivity index (χ0v) is 17.0. The number of fused-ring (bicyclic) bond motifs is 3. The highest BCUT2D eigenvalue weighted by Crippen LogP contribution is 2.37. The molecule has 5 heteroatoms. The predicted octanol–water partition coefficient (Wildman–Crippen LogP) is 4.83. The minimum Gasteiger partial charge on any atom is -0.452 e. The Morgan fingerprint density at radius 3 is 2.71 bits per heavy atom. The number of imidazole rings is 1. The molecule has 5 nitrogen and oxygen atoms in total. The zero-order valence-electron chi connectivity index (χ0n) is 17.0. The molecule has 1 aromatic heterocycles. The SMILES string of the molecule is COC(=O)N1c2ccc3c(nc(C(C)Cc4ccccc4)n3C)c2CC[C@@H]1C. The summed E-state index contributed by atoms with van der Waals surface area (Å²) in [5.74, 6) is 1.38. The van der Waals surface area contributed by atoms with Crippen LogP contribution in [0.3, 0.4) is 0 Å². The normalized spacial score (nSPS) is 17.4. The number of hydrogen-bond donors (Lipinski definition) is 0. The van der Waals surface area contributed by atoms with Gasteiger partial charge in [-0.2, -0.15) is 0 Å². The van der Waals surface area contributed by atoms with Crippen LogP contribution in [-0.4, -0.2) is 28.8 Å². The Kier molecular flexibility index (Phi) is 4.84. The Bertz CT molecular complexity index is 1010. The van der Waals surface area contributed by atoms with Crippen LogP contribution in [0.4, 0.5) is 10.5 Å². The van der Waals surface area contributed by atoms with Crippen molar-refractivity contribution in [2.75, 3.05) is 12.0 Å². The van der Waals surface area contributed by atoms with Crippen LogP contribution in [0, 0.1) is 0 Å². The van der Waals surface area contributed by atoms with E-state index in [1.807, 2.05) is 12.1 Å². The number of amides is 1. The summed E-state index contributed by atoms with van der Waals surface area (Å²) in [5, 5.41) is 0. The Hall–Kier alpha value is -2.82. The molecule has 1 aliphatic rings. The van der Waals surface area contributed by atoms with Crippen molar-refractivity contribution in [3.63, 3.8) is 0 Å². The van der Waals surface area contributed by atoms with Gasteiger partial charge in [0.05, 0.1) is 23.8 Å². The fraction of sp³-hybridized carbons (Fsp3) is 0.391. The van der Waals surface area contributed by atoms with Gasteiger partial charge in [0, 0.05) is 24.6 Å². The molecule has 1 aliphatic heterocycles. The highest BCUT2D eigenvalue weighted by molar-refractivity contribution is 5.95. The van der Waals surface area contributed by atoms with Crippen molar-refractivity contribution >= 4 is 22.8 Å². The summed E-state index contributed by atoms with van der Waals surface area (Å²) < 4.78 is 7.22. The van der Waals surface area contributed by atoms with E-state index in [9.17, 15) is 4.79 Å². The van der Waals surface area contributed by atoms with E-state index in [-0.39, 0.29) is 12.1 Å². The van der Waals surface area contributed by atoms with E-state index in [0.717, 1.165) is 47.4 Å². The summed E-state index contributed by atoms with van der Waals surface area (Å²) in [5.41, 5.74) is 5.52. The lowest BCUT2D eigenvalue weighted by molar-refractivity contribution is 0.175. The van der Waals surface area contributed by atoms with Crippen LogP contribution in [0.1, 0.15) is 43.1 Å². The van der Waals surface area contributed by atoms with Crippen molar-refractivity contribution in [1.29, 1.82) is 0 Å². The van der Waals surface area contributed by atoms with E-state index < -0.39 is 0 Å². The molecular formula is C23H27N3O2. The molecule has 0 fully saturated rings. The number of carbonyl (C=O) groups is 1. The van der Waals surface area contributed by atoms with Crippen molar-refractivity contribution in [2.24, 2.45) is 7.05 Å². The Labute approximate surface area is 165 Å². The first-order valence-electron chi connectivity index (χ1n) is 9.90. The Balaban J connectivity index is 1.76. The van der Waals surface area contributed by atoms with E-state index in [4.69, 9.17) is 9.72 Å². The maximum Gasteiger partial charge on any atom is 0.414 e. The average molecular weight is 377 g/mol. The quantitative estimate of drug-likeness (QED) is 0.657. The van der Waals surface area contributed by atoms with Crippen LogP contribution in [0.2, 0.25) is 0 Å². The molecule has 2 atom stereocenters. The highest BCUT2D eigenvalue weighted by atomic mass is 16.5. The van der Waals surface area contributed by atoms with Crippen LogP contribution >= 0.6 is 0 Å². The van der Waals surface area contributed by atoms with Crippen molar-refractivity contribution in [3.8, 4) is 0 Å². The molecule has 0 bridgehead atoms. The molecule has 3 aromatic rings. The number of aromatic nitrogens is 2. The second-order valence-corrected chi connectivity index (χ2v) is 7.78. The number of anilines is 1. The molecular weight excluding hydrogens is 350 g/mol. The standard InChI is InChI=1S/C23H27N3O2/c1-15(14-17-8-6-5-7-9-17)22-24-21-18-11-10-16(2)26(23(27)28-4)19(18)12-13-20(21)25(22)3/h5-9,12-13,15-16H,10-11,14H2,1-4H3/t15?,16-/m0/s1. The molecule has 2 aromatic carbocycles. The summed E-state index contributed by atoms with van der Waals surface area (Å²) in [4.78, 5) is 19.2. The second-order valence-electron chi connectivity index (χ2n) is 7.78. The van der Waals surface area contributed by atoms with Crippen LogP contribution in [0.5, 0.6) is 0 Å². The van der Waals surface area contributed by atoms with Gasteiger partial charge in [-0.25, -0.2) is 9.78 Å². The second kappa shape index (κ2) is 7.30. The average Bonchev–Trinajstić information content (AvgIpc) is 3.05. The van der Waals surface area contributed by atoms with Crippen LogP contribution in [-0.2, 0) is 24.6 Å². The number of carbonyl (C=O) groups excluding carboxylic acids is 1. The lowest BCUT2D eigenvalue weighted by Crippen LogP contribution is -2.42. The summed E-state index contributed by atoms with van der Waals surface area (Å²) >= 11 is 0. The number of aryl methyl sites for hydroxylation is 2. The van der Waals surface area contributed by atoms with E-state index in [1.165, 1.54) is 12.7 Å². The van der Waals surface area contributed by atoms with Gasteiger partial charge in [-0.3, -0.25) is 4.90 Å². The molecule has 146 valence electrons. The van der Waals surface area contributed by atoms with Crippen molar-refractivity contribution in [1.82, 2.24) is 9.55 Å². The van der Waals surface area contributed by atoms with Crippen molar-refractivity contribution < 1.29 is 9.53 Å². The number of benzene rings is 2. The number of ether oxygens (including phenoxy) is 1. The van der Waals surface area contributed by atoms with Crippen LogP contribution < -0.4 is 4.90 Å². The van der Waals surface area contributed by atoms with E-state index in [2.05, 4.69) is 55.8 Å². The molecule has 1 unspecified atom stereocenters. The zero-order chi connectivity index (χ0) is 19.8. The van der Waals surface area contributed by atoms with Gasteiger partial charge in [-0.05, 0) is 43.9 Å². The topological polar surface area (TPSA) is 47.4 Å². The lowest BCUT2D eigenvalue weighted by Gasteiger charge is -2.34. The van der Waals surface area contributed by atoms with E-state index in [1.54, 1.807) is 4.90 Å². The number of nitrogens with zero attached hydrogens (tertiary/aromatic N) is 3. The van der Waals surface area contributed by atoms with Gasteiger partial charge >= 0.3 is 6.09 Å². The molecule has 0 radical (unpaired) electrons. The molecule has 0 aliphatic carbocycles. The first-order valence-corrected chi connectivity index (χ1v) is 9.90. The first kappa shape index (κ1) is 18.5. The lowest BCUT2D eigenvalue weighted by atomic mass is 9.96. The summed E-state index contributed by atoms with van der Waals surface area (Å²) in [6.45, 7) is 4.29. The van der Waals surface area contributed by atoms with Crippen LogP contribution in [0.25, 0.3) is 11.0 Å². The Morgan fingerprint density at radius 2 is 2.00 bits per heavy atom. The molecule has 1 amide bonds. The number of rotatable bonds is 3. The first-order chi connectivity index (χ1) is 13.5. The van der Waals surface area contributed by atoms with Gasteiger partial charge in [0.1, 0.15) is 5.82 Å². The summed E-state index contributed by atoms with van der Waals surface area (Å²) in [7, 11) is 3.52. The molecule has 0 saturated carbocycles. The predicted molar refractivity (Wildman–Crippen MR) is 112 cm³/mol. The maximum atomic E-state index is 12.3.